The van der Waals surface area contributed by atoms with Crippen LogP contribution in [0.4, 0.5) is 5.82 Å². The fraction of sp³-hybridized carbons (Fsp3) is 0.333. The molecular weight excluding hydrogens is 310 g/mol. The monoisotopic (exact) mass is 335 g/mol. The lowest BCUT2D eigenvalue weighted by molar-refractivity contribution is -0.117. The molecule has 25 heavy (non-hydrogen) atoms. The minimum absolute atomic E-state index is 0.00522. The third-order valence-electron chi connectivity index (χ3n) is 4.12. The van der Waals surface area contributed by atoms with Crippen molar-refractivity contribution in [2.75, 3.05) is 5.32 Å². The Balaban J connectivity index is 2.14. The van der Waals surface area contributed by atoms with Crippen LogP contribution in [-0.4, -0.2) is 15.3 Å². The fourth-order valence-electron chi connectivity index (χ4n) is 2.95. The molecule has 3 aromatic rings. The summed E-state index contributed by atoms with van der Waals surface area (Å²) in [5.74, 6) is 0.743. The topological polar surface area (TPSA) is 46.4 Å². The first-order valence-corrected chi connectivity index (χ1v) is 8.59. The summed E-state index contributed by atoms with van der Waals surface area (Å²) < 4.78 is 1.97. The molecular formula is C21H25N3O. The second-order valence-electron chi connectivity index (χ2n) is 7.84. The highest BCUT2D eigenvalue weighted by molar-refractivity contribution is 5.95. The summed E-state index contributed by atoms with van der Waals surface area (Å²) in [6, 6.07) is 12.1. The van der Waals surface area contributed by atoms with Crippen LogP contribution >= 0.6 is 0 Å². The number of hydrogen-bond acceptors (Lipinski definition) is 2. The summed E-state index contributed by atoms with van der Waals surface area (Å²) in [6.45, 7) is 10.3. The van der Waals surface area contributed by atoms with E-state index in [4.69, 9.17) is 4.98 Å². The molecule has 1 aromatic carbocycles. The first kappa shape index (κ1) is 17.2. The molecule has 0 aliphatic carbocycles. The van der Waals surface area contributed by atoms with Crippen molar-refractivity contribution < 1.29 is 4.79 Å². The van der Waals surface area contributed by atoms with Gasteiger partial charge in [-0.1, -0.05) is 51.1 Å². The molecule has 130 valence electrons. The van der Waals surface area contributed by atoms with Crippen molar-refractivity contribution >= 4 is 17.4 Å². The standard InChI is InChI=1S/C21H25N3O/c1-14-10-11-17-22-19(16-9-7-6-8-15(16)2)20(24(17)13-14)23-18(25)12-21(3,4)5/h6-11,13H,12H2,1-5H3,(H,23,25). The Bertz CT molecular complexity index is 932. The van der Waals surface area contributed by atoms with Crippen LogP contribution in [-0.2, 0) is 4.79 Å². The molecule has 4 heteroatoms. The van der Waals surface area contributed by atoms with E-state index in [-0.39, 0.29) is 11.3 Å². The van der Waals surface area contributed by atoms with Crippen molar-refractivity contribution in [3.63, 3.8) is 0 Å². The van der Waals surface area contributed by atoms with Gasteiger partial charge in [0.1, 0.15) is 17.2 Å². The molecule has 0 spiro atoms. The number of anilines is 1. The van der Waals surface area contributed by atoms with Crippen molar-refractivity contribution in [1.29, 1.82) is 0 Å². The number of aromatic nitrogens is 2. The average Bonchev–Trinajstić information content (AvgIpc) is 2.84. The zero-order valence-electron chi connectivity index (χ0n) is 15.6. The highest BCUT2D eigenvalue weighted by atomic mass is 16.1. The lowest BCUT2D eigenvalue weighted by Gasteiger charge is -2.17. The number of nitrogens with one attached hydrogen (secondary N) is 1. The summed E-state index contributed by atoms with van der Waals surface area (Å²) in [5, 5.41) is 3.10. The fourth-order valence-corrected chi connectivity index (χ4v) is 2.95. The summed E-state index contributed by atoms with van der Waals surface area (Å²) in [4.78, 5) is 17.4. The van der Waals surface area contributed by atoms with Crippen molar-refractivity contribution in [2.24, 2.45) is 5.41 Å². The number of hydrogen-bond donors (Lipinski definition) is 1. The van der Waals surface area contributed by atoms with Gasteiger partial charge in [0.15, 0.2) is 0 Å². The number of nitrogens with zero attached hydrogens (tertiary/aromatic N) is 2. The van der Waals surface area contributed by atoms with Crippen molar-refractivity contribution in [3.05, 3.63) is 53.7 Å². The van der Waals surface area contributed by atoms with E-state index in [1.54, 1.807) is 0 Å². The molecule has 1 N–H and O–H groups in total. The minimum atomic E-state index is -0.0662. The maximum atomic E-state index is 12.6. The molecule has 0 aliphatic heterocycles. The predicted octanol–water partition coefficient (Wildman–Crippen LogP) is 4.99. The van der Waals surface area contributed by atoms with E-state index in [0.717, 1.165) is 33.8 Å². The van der Waals surface area contributed by atoms with Gasteiger partial charge in [-0.15, -0.1) is 0 Å². The number of fused-ring (bicyclic) bond motifs is 1. The van der Waals surface area contributed by atoms with Gasteiger partial charge in [-0.2, -0.15) is 0 Å². The minimum Gasteiger partial charge on any atom is -0.310 e. The summed E-state index contributed by atoms with van der Waals surface area (Å²) in [7, 11) is 0. The molecule has 1 amide bonds. The van der Waals surface area contributed by atoms with Gasteiger partial charge >= 0.3 is 0 Å². The van der Waals surface area contributed by atoms with Crippen molar-refractivity contribution in [2.45, 2.75) is 41.0 Å². The van der Waals surface area contributed by atoms with Gasteiger partial charge in [-0.05, 0) is 36.5 Å². The lowest BCUT2D eigenvalue weighted by atomic mass is 9.92. The van der Waals surface area contributed by atoms with E-state index in [1.807, 2.05) is 47.9 Å². The zero-order chi connectivity index (χ0) is 18.2. The lowest BCUT2D eigenvalue weighted by Crippen LogP contribution is -2.20. The highest BCUT2D eigenvalue weighted by Crippen LogP contribution is 2.32. The maximum Gasteiger partial charge on any atom is 0.226 e. The van der Waals surface area contributed by atoms with Crippen LogP contribution in [0.3, 0.4) is 0 Å². The van der Waals surface area contributed by atoms with Crippen LogP contribution in [0, 0.1) is 19.3 Å². The van der Waals surface area contributed by atoms with Crippen LogP contribution in [0.25, 0.3) is 16.9 Å². The van der Waals surface area contributed by atoms with E-state index in [1.165, 1.54) is 0 Å². The van der Waals surface area contributed by atoms with Gasteiger partial charge in [0.05, 0.1) is 0 Å². The Morgan fingerprint density at radius 3 is 2.52 bits per heavy atom. The summed E-state index contributed by atoms with van der Waals surface area (Å²) in [5.41, 5.74) is 4.86. The quantitative estimate of drug-likeness (QED) is 0.732. The van der Waals surface area contributed by atoms with E-state index in [0.29, 0.717) is 6.42 Å². The summed E-state index contributed by atoms with van der Waals surface area (Å²) >= 11 is 0. The van der Waals surface area contributed by atoms with E-state index in [2.05, 4.69) is 39.1 Å². The smallest absolute Gasteiger partial charge is 0.226 e. The Morgan fingerprint density at radius 1 is 1.12 bits per heavy atom. The SMILES string of the molecule is Cc1ccc2nc(-c3ccccc3C)c(NC(=O)CC(C)(C)C)n2c1. The van der Waals surface area contributed by atoms with Gasteiger partial charge < -0.3 is 5.32 Å². The van der Waals surface area contributed by atoms with Gasteiger partial charge in [-0.3, -0.25) is 9.20 Å². The molecule has 0 atom stereocenters. The Morgan fingerprint density at radius 2 is 1.84 bits per heavy atom. The Labute approximate surface area is 148 Å². The number of carbonyl (C=O) groups is 1. The number of benzene rings is 1. The molecule has 0 unspecified atom stereocenters. The zero-order valence-corrected chi connectivity index (χ0v) is 15.6. The number of imidazole rings is 1. The molecule has 0 saturated carbocycles. The van der Waals surface area contributed by atoms with E-state index in [9.17, 15) is 4.79 Å². The normalized spacial score (nSPS) is 11.7. The highest BCUT2D eigenvalue weighted by Gasteiger charge is 2.21. The predicted molar refractivity (Wildman–Crippen MR) is 103 cm³/mol. The van der Waals surface area contributed by atoms with Gasteiger partial charge in [0.25, 0.3) is 0 Å². The molecule has 2 aromatic heterocycles. The number of amides is 1. The molecule has 0 aliphatic rings. The average molecular weight is 335 g/mol. The Kier molecular flexibility index (Phi) is 4.38. The van der Waals surface area contributed by atoms with Crippen LogP contribution in [0.2, 0.25) is 0 Å². The molecule has 0 saturated heterocycles. The maximum absolute atomic E-state index is 12.6. The Hall–Kier alpha value is -2.62. The third-order valence-corrected chi connectivity index (χ3v) is 4.12. The second-order valence-corrected chi connectivity index (χ2v) is 7.84. The van der Waals surface area contributed by atoms with Crippen molar-refractivity contribution in [3.8, 4) is 11.3 Å². The molecule has 0 fully saturated rings. The first-order valence-electron chi connectivity index (χ1n) is 8.59. The second kappa shape index (κ2) is 6.36. The largest absolute Gasteiger partial charge is 0.310 e. The summed E-state index contributed by atoms with van der Waals surface area (Å²) in [6.07, 6.45) is 2.47. The van der Waals surface area contributed by atoms with Crippen LogP contribution < -0.4 is 5.32 Å². The van der Waals surface area contributed by atoms with Crippen LogP contribution in [0.1, 0.15) is 38.3 Å². The van der Waals surface area contributed by atoms with Crippen LogP contribution in [0.5, 0.6) is 0 Å². The van der Waals surface area contributed by atoms with Crippen LogP contribution in [0.15, 0.2) is 42.6 Å². The number of carbonyl (C=O) groups excluding carboxylic acids is 1. The van der Waals surface area contributed by atoms with Gasteiger partial charge in [0.2, 0.25) is 5.91 Å². The van der Waals surface area contributed by atoms with E-state index < -0.39 is 0 Å². The number of pyridine rings is 1. The molecule has 0 bridgehead atoms. The van der Waals surface area contributed by atoms with Gasteiger partial charge in [0, 0.05) is 18.2 Å². The third kappa shape index (κ3) is 3.73. The molecule has 4 nitrogen and oxygen atoms in total. The number of rotatable bonds is 3. The first-order chi connectivity index (χ1) is 11.7. The molecule has 0 radical (unpaired) electrons. The molecule has 3 rings (SSSR count). The van der Waals surface area contributed by atoms with E-state index >= 15 is 0 Å². The van der Waals surface area contributed by atoms with Crippen molar-refractivity contribution in [1.82, 2.24) is 9.38 Å². The van der Waals surface area contributed by atoms with Gasteiger partial charge in [-0.25, -0.2) is 4.98 Å². The molecule has 2 heterocycles. The number of aryl methyl sites for hydroxylation is 2.